The monoisotopic (exact) mass is 301 g/mol. The van der Waals surface area contributed by atoms with Gasteiger partial charge in [-0.05, 0) is 5.92 Å². The molecule has 1 aliphatic carbocycles. The maximum atomic E-state index is 2.31. The van der Waals surface area contributed by atoms with Crippen LogP contribution in [-0.4, -0.2) is 11.0 Å². The fourth-order valence-corrected chi connectivity index (χ4v) is 0.612. The molecule has 1 rings (SSSR count). The third-order valence-corrected chi connectivity index (χ3v) is 1.39. The fourth-order valence-electron chi connectivity index (χ4n) is 0.612. The first-order valence-electron chi connectivity index (χ1n) is 2.39. The van der Waals surface area contributed by atoms with Crippen molar-refractivity contribution in [1.29, 1.82) is 0 Å². The zero-order valence-electron chi connectivity index (χ0n) is 5.01. The molecule has 0 atom stereocenters. The maximum Gasteiger partial charge on any atom is 0 e. The van der Waals surface area contributed by atoms with E-state index in [0.717, 1.165) is 5.92 Å². The Balaban J connectivity index is -0.0000000833. The van der Waals surface area contributed by atoms with Crippen LogP contribution in [0, 0.1) is 5.92 Å². The van der Waals surface area contributed by atoms with Gasteiger partial charge in [0.2, 0.25) is 0 Å². The van der Waals surface area contributed by atoms with Gasteiger partial charge in [0.1, 0.15) is 0 Å². The predicted octanol–water partition coefficient (Wildman–Crippen LogP) is 0.154. The first-order chi connectivity index (χ1) is 2.39. The minimum atomic E-state index is 0. The van der Waals surface area contributed by atoms with Crippen LogP contribution in [0.3, 0.4) is 0 Å². The molecule has 0 saturated heterocycles. The van der Waals surface area contributed by atoms with Crippen molar-refractivity contribution < 1.29 is 32.0 Å². The van der Waals surface area contributed by atoms with Crippen molar-refractivity contribution in [3.05, 3.63) is 0 Å². The molecule has 1 saturated carbocycles. The van der Waals surface area contributed by atoms with Gasteiger partial charge < -0.3 is 11.0 Å². The molecule has 0 aromatic rings. The van der Waals surface area contributed by atoms with Crippen molar-refractivity contribution in [2.45, 2.75) is 26.2 Å². The zero-order valence-corrected chi connectivity index (χ0v) is 7.29. The summed E-state index contributed by atoms with van der Waals surface area (Å²) in [5, 5.41) is 0. The third kappa shape index (κ3) is 4.76. The summed E-state index contributed by atoms with van der Waals surface area (Å²) in [5.74, 6) is 1.06. The molecule has 0 unspecified atom stereocenters. The van der Waals surface area contributed by atoms with Crippen LogP contribution in [0.5, 0.6) is 0 Å². The zero-order chi connectivity index (χ0) is 3.70. The molecule has 0 aromatic carbocycles. The second-order valence-electron chi connectivity index (χ2n) is 2.04. The number of hydrogen-bond acceptors (Lipinski definition) is 0. The van der Waals surface area contributed by atoms with Crippen LogP contribution in [0.15, 0.2) is 0 Å². The van der Waals surface area contributed by atoms with Gasteiger partial charge in [-0.1, -0.05) is 26.2 Å². The first-order valence-corrected chi connectivity index (χ1v) is 2.39. The van der Waals surface area contributed by atoms with Crippen molar-refractivity contribution in [2.24, 2.45) is 5.92 Å². The fraction of sp³-hybridized carbons (Fsp3) is 1.00. The van der Waals surface area contributed by atoms with Crippen LogP contribution in [-0.2, 0) is 21.1 Å². The Morgan fingerprint density at radius 1 is 1.12 bits per heavy atom. The van der Waals surface area contributed by atoms with Gasteiger partial charge in [-0.15, -0.1) is 0 Å². The molecule has 4 N–H and O–H groups in total. The molecule has 1 aliphatic rings. The van der Waals surface area contributed by atoms with E-state index in [4.69, 9.17) is 0 Å². The van der Waals surface area contributed by atoms with E-state index in [1.54, 1.807) is 0 Å². The van der Waals surface area contributed by atoms with E-state index in [9.17, 15) is 0 Å². The molecule has 1 fully saturated rings. The molecule has 0 amide bonds. The molecule has 0 aliphatic heterocycles. The minimum absolute atomic E-state index is 0. The second-order valence-corrected chi connectivity index (χ2v) is 2.04. The van der Waals surface area contributed by atoms with E-state index in [1.807, 2.05) is 0 Å². The Morgan fingerprint density at radius 3 is 1.38 bits per heavy atom. The Kier molecular flexibility index (Phi) is 15.1. The number of rotatable bonds is 0. The van der Waals surface area contributed by atoms with Crippen LogP contribution in [0.4, 0.5) is 0 Å². The van der Waals surface area contributed by atoms with Gasteiger partial charge in [0.25, 0.3) is 0 Å². The molecule has 0 aromatic heterocycles. The Labute approximate surface area is 64.5 Å². The minimum Gasteiger partial charge on any atom is -0.412 e. The van der Waals surface area contributed by atoms with Crippen LogP contribution < -0.4 is 0 Å². The molecular weight excluding hydrogens is 287 g/mol. The van der Waals surface area contributed by atoms with Crippen LogP contribution >= 0.6 is 0 Å². The van der Waals surface area contributed by atoms with E-state index in [-0.39, 0.29) is 32.0 Å². The van der Waals surface area contributed by atoms with E-state index < -0.39 is 0 Å². The average Bonchev–Trinajstić information content (AvgIpc) is 1.30. The Bertz CT molecular complexity index is 37.4. The Morgan fingerprint density at radius 2 is 1.38 bits per heavy atom. The van der Waals surface area contributed by atoms with Gasteiger partial charge in [-0.25, -0.2) is 0 Å². The quantitative estimate of drug-likeness (QED) is 0.612. The molecule has 3 heteroatoms. The summed E-state index contributed by atoms with van der Waals surface area (Å²) in [6, 6.07) is 0. The van der Waals surface area contributed by atoms with Crippen molar-refractivity contribution in [3.63, 3.8) is 0 Å². The van der Waals surface area contributed by atoms with E-state index in [0.29, 0.717) is 0 Å². The summed E-state index contributed by atoms with van der Waals surface area (Å²) >= 11 is 0. The SMILES string of the molecule is CC1CCC1.O.O.[Pt]. The summed E-state index contributed by atoms with van der Waals surface area (Å²) < 4.78 is 0. The Hall–Kier alpha value is 0.608. The summed E-state index contributed by atoms with van der Waals surface area (Å²) in [6.45, 7) is 2.31. The van der Waals surface area contributed by atoms with Crippen molar-refractivity contribution in [3.8, 4) is 0 Å². The summed E-state index contributed by atoms with van der Waals surface area (Å²) in [4.78, 5) is 0. The second kappa shape index (κ2) is 7.61. The number of hydrogen-bond donors (Lipinski definition) is 0. The van der Waals surface area contributed by atoms with E-state index in [1.165, 1.54) is 19.3 Å². The van der Waals surface area contributed by atoms with E-state index in [2.05, 4.69) is 6.92 Å². The topological polar surface area (TPSA) is 63.0 Å². The molecule has 56 valence electrons. The van der Waals surface area contributed by atoms with Crippen LogP contribution in [0.1, 0.15) is 26.2 Å². The largest absolute Gasteiger partial charge is 0.412 e. The summed E-state index contributed by atoms with van der Waals surface area (Å²) in [6.07, 6.45) is 4.46. The standard InChI is InChI=1S/C5H10.2H2O.Pt/c1-5-3-2-4-5;;;/h5H,2-4H2,1H3;2*1H2;. The predicted molar refractivity (Wildman–Crippen MR) is 30.2 cm³/mol. The van der Waals surface area contributed by atoms with Crippen molar-refractivity contribution >= 4 is 0 Å². The molecule has 0 heterocycles. The first kappa shape index (κ1) is 15.8. The normalized spacial score (nSPS) is 16.1. The smallest absolute Gasteiger partial charge is 0 e. The molecular formula is C5H14O2Pt. The van der Waals surface area contributed by atoms with Gasteiger partial charge in [-0.2, -0.15) is 0 Å². The molecule has 0 spiro atoms. The van der Waals surface area contributed by atoms with Gasteiger partial charge in [0, 0.05) is 21.1 Å². The molecule has 2 nitrogen and oxygen atoms in total. The van der Waals surface area contributed by atoms with Crippen LogP contribution in [0.25, 0.3) is 0 Å². The summed E-state index contributed by atoms with van der Waals surface area (Å²) in [7, 11) is 0. The third-order valence-electron chi connectivity index (χ3n) is 1.39. The van der Waals surface area contributed by atoms with Gasteiger partial charge >= 0.3 is 0 Å². The van der Waals surface area contributed by atoms with E-state index >= 15 is 0 Å². The van der Waals surface area contributed by atoms with Gasteiger partial charge in [-0.3, -0.25) is 0 Å². The maximum absolute atomic E-state index is 2.31. The average molecular weight is 301 g/mol. The molecule has 0 radical (unpaired) electrons. The van der Waals surface area contributed by atoms with Crippen molar-refractivity contribution in [1.82, 2.24) is 0 Å². The van der Waals surface area contributed by atoms with Crippen molar-refractivity contribution in [2.75, 3.05) is 0 Å². The molecule has 8 heavy (non-hydrogen) atoms. The van der Waals surface area contributed by atoms with Gasteiger partial charge in [0.05, 0.1) is 0 Å². The van der Waals surface area contributed by atoms with Gasteiger partial charge in [0.15, 0.2) is 0 Å². The molecule has 0 bridgehead atoms. The summed E-state index contributed by atoms with van der Waals surface area (Å²) in [5.41, 5.74) is 0. The van der Waals surface area contributed by atoms with Crippen LogP contribution in [0.2, 0.25) is 0 Å².